The minimum Gasteiger partial charge on any atom is -0.390 e. The van der Waals surface area contributed by atoms with Crippen LogP contribution >= 0.6 is 0 Å². The molecule has 0 fully saturated rings. The van der Waals surface area contributed by atoms with Crippen LogP contribution in [0, 0.1) is 12.3 Å². The lowest BCUT2D eigenvalue weighted by Gasteiger charge is -2.30. The van der Waals surface area contributed by atoms with Crippen molar-refractivity contribution >= 4 is 0 Å². The number of aromatic nitrogens is 1. The Kier molecular flexibility index (Phi) is 3.47. The molecule has 0 amide bonds. The van der Waals surface area contributed by atoms with Crippen molar-refractivity contribution in [1.29, 1.82) is 0 Å². The Hall–Kier alpha value is -0.930. The highest BCUT2D eigenvalue weighted by Gasteiger charge is 2.30. The predicted molar refractivity (Wildman–Crippen MR) is 59.4 cm³/mol. The van der Waals surface area contributed by atoms with E-state index in [1.807, 2.05) is 33.8 Å². The summed E-state index contributed by atoms with van der Waals surface area (Å²) in [5.74, 6) is 0. The first kappa shape index (κ1) is 12.1. The molecule has 15 heavy (non-hydrogen) atoms. The highest BCUT2D eigenvalue weighted by molar-refractivity contribution is 5.17. The van der Waals surface area contributed by atoms with Gasteiger partial charge >= 0.3 is 0 Å². The summed E-state index contributed by atoms with van der Waals surface area (Å²) in [4.78, 5) is 4.09. The first-order valence-corrected chi connectivity index (χ1v) is 5.11. The second-order valence-electron chi connectivity index (χ2n) is 4.99. The van der Waals surface area contributed by atoms with E-state index in [1.54, 1.807) is 12.3 Å². The standard InChI is InChI=1S/C12H19NO2/c1-8-5-6-9(7-13-8)10(14)11(15)12(2,3)4/h5-7,10-11,14-15H,1-4H3. The number of hydrogen-bond donors (Lipinski definition) is 2. The Bertz CT molecular complexity index is 313. The van der Waals surface area contributed by atoms with Gasteiger partial charge in [-0.25, -0.2) is 0 Å². The van der Waals surface area contributed by atoms with Gasteiger partial charge in [-0.1, -0.05) is 26.8 Å². The molecule has 0 spiro atoms. The minimum atomic E-state index is -0.877. The quantitative estimate of drug-likeness (QED) is 0.781. The molecule has 2 unspecified atom stereocenters. The lowest BCUT2D eigenvalue weighted by atomic mass is 9.84. The molecule has 0 saturated heterocycles. The minimum absolute atomic E-state index is 0.343. The lowest BCUT2D eigenvalue weighted by Crippen LogP contribution is -2.32. The summed E-state index contributed by atoms with van der Waals surface area (Å²) >= 11 is 0. The summed E-state index contributed by atoms with van der Waals surface area (Å²) in [6.07, 6.45) is -0.0605. The molecule has 0 aliphatic carbocycles. The first-order valence-electron chi connectivity index (χ1n) is 5.11. The van der Waals surface area contributed by atoms with Gasteiger partial charge in [-0.05, 0) is 18.4 Å². The Morgan fingerprint density at radius 1 is 1.20 bits per heavy atom. The van der Waals surface area contributed by atoms with Crippen molar-refractivity contribution in [2.75, 3.05) is 0 Å². The largest absolute Gasteiger partial charge is 0.390 e. The monoisotopic (exact) mass is 209 g/mol. The highest BCUT2D eigenvalue weighted by atomic mass is 16.3. The van der Waals surface area contributed by atoms with Crippen molar-refractivity contribution in [3.63, 3.8) is 0 Å². The predicted octanol–water partition coefficient (Wildman–Crippen LogP) is 1.83. The van der Waals surface area contributed by atoms with E-state index < -0.39 is 12.2 Å². The van der Waals surface area contributed by atoms with Gasteiger partial charge in [0.25, 0.3) is 0 Å². The molecular weight excluding hydrogens is 190 g/mol. The Morgan fingerprint density at radius 2 is 1.80 bits per heavy atom. The highest BCUT2D eigenvalue weighted by Crippen LogP contribution is 2.29. The number of pyridine rings is 1. The van der Waals surface area contributed by atoms with Crippen LogP contribution in [0.3, 0.4) is 0 Å². The average Bonchev–Trinajstić information content (AvgIpc) is 2.15. The molecule has 0 aliphatic rings. The van der Waals surface area contributed by atoms with Gasteiger partial charge < -0.3 is 10.2 Å². The maximum atomic E-state index is 9.93. The smallest absolute Gasteiger partial charge is 0.107 e. The van der Waals surface area contributed by atoms with Gasteiger partial charge in [0.2, 0.25) is 0 Å². The summed E-state index contributed by atoms with van der Waals surface area (Å²) in [6, 6.07) is 3.62. The number of rotatable bonds is 2. The maximum Gasteiger partial charge on any atom is 0.107 e. The number of aliphatic hydroxyl groups excluding tert-OH is 2. The van der Waals surface area contributed by atoms with Crippen molar-refractivity contribution in [3.05, 3.63) is 29.6 Å². The zero-order chi connectivity index (χ0) is 11.6. The number of nitrogens with zero attached hydrogens (tertiary/aromatic N) is 1. The Balaban J connectivity index is 2.85. The molecule has 0 aromatic carbocycles. The fourth-order valence-electron chi connectivity index (χ4n) is 1.31. The van der Waals surface area contributed by atoms with Gasteiger partial charge in [0.15, 0.2) is 0 Å². The van der Waals surface area contributed by atoms with Crippen LogP contribution in [0.2, 0.25) is 0 Å². The molecule has 2 atom stereocenters. The van der Waals surface area contributed by atoms with Crippen molar-refractivity contribution in [2.45, 2.75) is 39.9 Å². The molecule has 0 saturated carbocycles. The van der Waals surface area contributed by atoms with Gasteiger partial charge in [-0.2, -0.15) is 0 Å². The van der Waals surface area contributed by atoms with Crippen molar-refractivity contribution in [2.24, 2.45) is 5.41 Å². The summed E-state index contributed by atoms with van der Waals surface area (Å²) in [5.41, 5.74) is 1.21. The summed E-state index contributed by atoms with van der Waals surface area (Å²) < 4.78 is 0. The van der Waals surface area contributed by atoms with Crippen LogP contribution in [-0.4, -0.2) is 21.3 Å². The van der Waals surface area contributed by atoms with Crippen LogP contribution in [0.1, 0.15) is 38.1 Å². The fourth-order valence-corrected chi connectivity index (χ4v) is 1.31. The number of aryl methyl sites for hydroxylation is 1. The van der Waals surface area contributed by atoms with Gasteiger partial charge in [0.1, 0.15) is 6.10 Å². The molecule has 0 aliphatic heterocycles. The van der Waals surface area contributed by atoms with Gasteiger partial charge in [0.05, 0.1) is 6.10 Å². The van der Waals surface area contributed by atoms with Crippen LogP contribution in [0.4, 0.5) is 0 Å². The molecule has 0 bridgehead atoms. The van der Waals surface area contributed by atoms with E-state index in [0.29, 0.717) is 5.56 Å². The normalized spacial score (nSPS) is 16.1. The molecule has 1 heterocycles. The Morgan fingerprint density at radius 3 is 2.20 bits per heavy atom. The van der Waals surface area contributed by atoms with Crippen LogP contribution in [0.15, 0.2) is 18.3 Å². The zero-order valence-electron chi connectivity index (χ0n) is 9.73. The summed E-state index contributed by atoms with van der Waals surface area (Å²) in [5, 5.41) is 19.8. The fraction of sp³-hybridized carbons (Fsp3) is 0.583. The van der Waals surface area contributed by atoms with E-state index >= 15 is 0 Å². The van der Waals surface area contributed by atoms with E-state index in [1.165, 1.54) is 0 Å². The van der Waals surface area contributed by atoms with Crippen molar-refractivity contribution in [1.82, 2.24) is 4.98 Å². The molecule has 2 N–H and O–H groups in total. The van der Waals surface area contributed by atoms with E-state index in [4.69, 9.17) is 0 Å². The van der Waals surface area contributed by atoms with Gasteiger partial charge in [-0.15, -0.1) is 0 Å². The molecule has 1 rings (SSSR count). The van der Waals surface area contributed by atoms with E-state index in [9.17, 15) is 10.2 Å². The van der Waals surface area contributed by atoms with Crippen LogP contribution < -0.4 is 0 Å². The third-order valence-electron chi connectivity index (χ3n) is 2.46. The molecule has 0 radical (unpaired) electrons. The second-order valence-corrected chi connectivity index (χ2v) is 4.99. The first-order chi connectivity index (χ1) is 6.82. The zero-order valence-corrected chi connectivity index (χ0v) is 9.73. The number of aliphatic hydroxyl groups is 2. The third kappa shape index (κ3) is 3.01. The molecule has 3 heteroatoms. The van der Waals surface area contributed by atoms with Crippen LogP contribution in [-0.2, 0) is 0 Å². The topological polar surface area (TPSA) is 53.4 Å². The lowest BCUT2D eigenvalue weighted by molar-refractivity contribution is -0.0459. The van der Waals surface area contributed by atoms with Crippen LogP contribution in [0.25, 0.3) is 0 Å². The molecule has 84 valence electrons. The van der Waals surface area contributed by atoms with Crippen molar-refractivity contribution < 1.29 is 10.2 Å². The van der Waals surface area contributed by atoms with E-state index in [-0.39, 0.29) is 5.41 Å². The van der Waals surface area contributed by atoms with Crippen LogP contribution in [0.5, 0.6) is 0 Å². The SMILES string of the molecule is Cc1ccc(C(O)C(O)C(C)(C)C)cn1. The van der Waals surface area contributed by atoms with E-state index in [2.05, 4.69) is 4.98 Å². The second kappa shape index (κ2) is 4.29. The number of hydrogen-bond acceptors (Lipinski definition) is 3. The third-order valence-corrected chi connectivity index (χ3v) is 2.46. The van der Waals surface area contributed by atoms with Crippen molar-refractivity contribution in [3.8, 4) is 0 Å². The molecule has 1 aromatic heterocycles. The maximum absolute atomic E-state index is 9.93. The molecular formula is C12H19NO2. The molecule has 1 aromatic rings. The summed E-state index contributed by atoms with van der Waals surface area (Å²) in [6.45, 7) is 7.56. The average molecular weight is 209 g/mol. The summed E-state index contributed by atoms with van der Waals surface area (Å²) in [7, 11) is 0. The molecule has 3 nitrogen and oxygen atoms in total. The van der Waals surface area contributed by atoms with Gasteiger partial charge in [-0.3, -0.25) is 4.98 Å². The Labute approximate surface area is 90.8 Å². The van der Waals surface area contributed by atoms with E-state index in [0.717, 1.165) is 5.69 Å². The van der Waals surface area contributed by atoms with Gasteiger partial charge in [0, 0.05) is 17.5 Å².